The second kappa shape index (κ2) is 12.9. The molecule has 0 saturated carbocycles. The van der Waals surface area contributed by atoms with E-state index in [-0.39, 0.29) is 11.8 Å². The molecule has 0 unspecified atom stereocenters. The molecule has 2 fully saturated rings. The number of phenols is 2. The van der Waals surface area contributed by atoms with Crippen LogP contribution < -0.4 is 15.1 Å². The maximum atomic E-state index is 13.0. The number of hydrogen-bond acceptors (Lipinski definition) is 5. The lowest BCUT2D eigenvalue weighted by molar-refractivity contribution is 0.0952. The number of phenolic OH excluding ortho intramolecular Hbond substituents is 2. The molecule has 3 aromatic rings. The van der Waals surface area contributed by atoms with Gasteiger partial charge < -0.3 is 25.3 Å². The lowest BCUT2D eigenvalue weighted by Crippen LogP contribution is -2.29. The van der Waals surface area contributed by atoms with Gasteiger partial charge in [0.1, 0.15) is 11.5 Å². The van der Waals surface area contributed by atoms with Crippen LogP contribution in [0.4, 0.5) is 11.4 Å². The van der Waals surface area contributed by atoms with E-state index in [1.165, 1.54) is 25.7 Å². The van der Waals surface area contributed by atoms with Gasteiger partial charge in [0.25, 0.3) is 5.91 Å². The van der Waals surface area contributed by atoms with E-state index < -0.39 is 0 Å². The number of aromatic hydroxyl groups is 2. The lowest BCUT2D eigenvalue weighted by atomic mass is 9.89. The number of nitrogens with one attached hydrogen (secondary N) is 1. The van der Waals surface area contributed by atoms with Crippen molar-refractivity contribution in [3.8, 4) is 11.5 Å². The molecule has 3 N–H and O–H groups in total. The Bertz CT molecular complexity index is 1160. The maximum absolute atomic E-state index is 13.0. The Morgan fingerprint density at radius 3 is 1.59 bits per heavy atom. The molecule has 2 aliphatic rings. The largest absolute Gasteiger partial charge is 0.506 e. The smallest absolute Gasteiger partial charge is 0.251 e. The van der Waals surface area contributed by atoms with Gasteiger partial charge >= 0.3 is 0 Å². The topological polar surface area (TPSA) is 76.0 Å². The van der Waals surface area contributed by atoms with Gasteiger partial charge in [0.05, 0.1) is 11.4 Å². The Kier molecular flexibility index (Phi) is 8.92. The molecule has 6 nitrogen and oxygen atoms in total. The Hall–Kier alpha value is -3.67. The van der Waals surface area contributed by atoms with Gasteiger partial charge in [-0.1, -0.05) is 56.0 Å². The van der Waals surface area contributed by atoms with Crippen LogP contribution in [0.5, 0.6) is 11.5 Å². The van der Waals surface area contributed by atoms with Crippen molar-refractivity contribution in [2.45, 2.75) is 57.3 Å². The third-order valence-corrected chi connectivity index (χ3v) is 8.20. The molecule has 206 valence electrons. The molecule has 0 bridgehead atoms. The Morgan fingerprint density at radius 1 is 0.667 bits per heavy atom. The van der Waals surface area contributed by atoms with Crippen LogP contribution in [0.1, 0.15) is 78.8 Å². The molecule has 0 spiro atoms. The molecule has 0 radical (unpaired) electrons. The monoisotopic (exact) mass is 527 g/mol. The van der Waals surface area contributed by atoms with Crippen molar-refractivity contribution in [1.82, 2.24) is 5.32 Å². The fourth-order valence-corrected chi connectivity index (χ4v) is 5.96. The zero-order chi connectivity index (χ0) is 27.0. The standard InChI is InChI=1S/C33H41N3O3/c37-31-16-14-26(22-29(31)35-18-8-1-2-9-19-35)28(24-34-33(39)25-12-6-5-7-13-25)27-15-17-32(38)30(23-27)36-20-10-3-4-11-21-36/h5-7,12-17,22-23,28,37-38H,1-4,8-11,18-21,24H2,(H,34,39). The molecule has 6 heteroatoms. The van der Waals surface area contributed by atoms with Crippen molar-refractivity contribution in [2.75, 3.05) is 42.5 Å². The normalized spacial score (nSPS) is 16.5. The molecule has 0 aliphatic carbocycles. The highest BCUT2D eigenvalue weighted by Gasteiger charge is 2.23. The van der Waals surface area contributed by atoms with Gasteiger partial charge in [-0.05, 0) is 73.2 Å². The Morgan fingerprint density at radius 2 is 1.13 bits per heavy atom. The average molecular weight is 528 g/mol. The van der Waals surface area contributed by atoms with Crippen molar-refractivity contribution in [3.05, 3.63) is 83.4 Å². The summed E-state index contributed by atoms with van der Waals surface area (Å²) in [7, 11) is 0. The fourth-order valence-electron chi connectivity index (χ4n) is 5.96. The first-order valence-electron chi connectivity index (χ1n) is 14.6. The Labute approximate surface area is 232 Å². The number of hydrogen-bond donors (Lipinski definition) is 3. The zero-order valence-electron chi connectivity index (χ0n) is 22.8. The molecule has 3 aromatic carbocycles. The first-order valence-corrected chi connectivity index (χ1v) is 14.6. The molecule has 2 saturated heterocycles. The SMILES string of the molecule is O=C(NCC(c1ccc(O)c(N2CCCCCC2)c1)c1ccc(O)c(N2CCCCCC2)c1)c1ccccc1. The van der Waals surface area contributed by atoms with Crippen molar-refractivity contribution in [2.24, 2.45) is 0 Å². The van der Waals surface area contributed by atoms with Gasteiger partial charge in [-0.25, -0.2) is 0 Å². The van der Waals surface area contributed by atoms with Crippen LogP contribution in [0.25, 0.3) is 0 Å². The summed E-state index contributed by atoms with van der Waals surface area (Å²) in [6.07, 6.45) is 9.37. The number of amides is 1. The van der Waals surface area contributed by atoms with Crippen LogP contribution in [0, 0.1) is 0 Å². The quantitative estimate of drug-likeness (QED) is 0.331. The number of carbonyl (C=O) groups is 1. The van der Waals surface area contributed by atoms with E-state index in [2.05, 4.69) is 27.2 Å². The molecule has 2 aliphatic heterocycles. The number of rotatable bonds is 7. The highest BCUT2D eigenvalue weighted by Crippen LogP contribution is 2.38. The van der Waals surface area contributed by atoms with Crippen LogP contribution in [0.15, 0.2) is 66.7 Å². The summed E-state index contributed by atoms with van der Waals surface area (Å²) in [6.45, 7) is 4.15. The highest BCUT2D eigenvalue weighted by atomic mass is 16.3. The third kappa shape index (κ3) is 6.67. The predicted octanol–water partition coefficient (Wildman–Crippen LogP) is 6.42. The average Bonchev–Trinajstić information content (AvgIpc) is 3.41. The van der Waals surface area contributed by atoms with Crippen LogP contribution in [0.3, 0.4) is 0 Å². The molecule has 5 rings (SSSR count). The van der Waals surface area contributed by atoms with E-state index in [0.29, 0.717) is 23.6 Å². The minimum absolute atomic E-state index is 0.112. The van der Waals surface area contributed by atoms with Crippen LogP contribution in [-0.2, 0) is 0 Å². The van der Waals surface area contributed by atoms with Gasteiger partial charge in [0.15, 0.2) is 0 Å². The summed E-state index contributed by atoms with van der Waals surface area (Å²) in [5, 5.41) is 24.8. The number of carbonyl (C=O) groups excluding carboxylic acids is 1. The minimum atomic E-state index is -0.143. The van der Waals surface area contributed by atoms with E-state index in [1.807, 2.05) is 42.5 Å². The first-order chi connectivity index (χ1) is 19.1. The van der Waals surface area contributed by atoms with Crippen molar-refractivity contribution in [1.29, 1.82) is 0 Å². The van der Waals surface area contributed by atoms with E-state index in [1.54, 1.807) is 12.1 Å². The summed E-state index contributed by atoms with van der Waals surface area (Å²) in [4.78, 5) is 17.6. The zero-order valence-corrected chi connectivity index (χ0v) is 22.8. The molecule has 0 aromatic heterocycles. The number of nitrogens with zero attached hydrogens (tertiary/aromatic N) is 2. The molecular formula is C33H41N3O3. The van der Waals surface area contributed by atoms with Gasteiger partial charge in [-0.2, -0.15) is 0 Å². The van der Waals surface area contributed by atoms with Crippen LogP contribution >= 0.6 is 0 Å². The summed E-state index contributed by atoms with van der Waals surface area (Å²) < 4.78 is 0. The fraction of sp³-hybridized carbons (Fsp3) is 0.424. The van der Waals surface area contributed by atoms with E-state index in [9.17, 15) is 15.0 Å². The summed E-state index contributed by atoms with van der Waals surface area (Å²) in [5.41, 5.74) is 4.42. The lowest BCUT2D eigenvalue weighted by Gasteiger charge is -2.28. The van der Waals surface area contributed by atoms with Crippen molar-refractivity contribution >= 4 is 17.3 Å². The number of benzene rings is 3. The van der Waals surface area contributed by atoms with E-state index in [0.717, 1.165) is 74.4 Å². The summed E-state index contributed by atoms with van der Waals surface area (Å²) in [5.74, 6) is 0.335. The molecular weight excluding hydrogens is 486 g/mol. The second-order valence-electron chi connectivity index (χ2n) is 10.9. The maximum Gasteiger partial charge on any atom is 0.251 e. The molecule has 2 heterocycles. The van der Waals surface area contributed by atoms with Gasteiger partial charge in [-0.3, -0.25) is 4.79 Å². The molecule has 39 heavy (non-hydrogen) atoms. The van der Waals surface area contributed by atoms with Crippen LogP contribution in [-0.4, -0.2) is 48.8 Å². The second-order valence-corrected chi connectivity index (χ2v) is 10.9. The van der Waals surface area contributed by atoms with Gasteiger partial charge in [0, 0.05) is 44.2 Å². The number of anilines is 2. The first kappa shape index (κ1) is 26.9. The van der Waals surface area contributed by atoms with Crippen LogP contribution in [0.2, 0.25) is 0 Å². The van der Waals surface area contributed by atoms with E-state index >= 15 is 0 Å². The highest BCUT2D eigenvalue weighted by molar-refractivity contribution is 5.94. The summed E-state index contributed by atoms with van der Waals surface area (Å²) >= 11 is 0. The van der Waals surface area contributed by atoms with Gasteiger partial charge in [0.2, 0.25) is 0 Å². The summed E-state index contributed by atoms with van der Waals surface area (Å²) in [6, 6.07) is 21.0. The van der Waals surface area contributed by atoms with Crippen molar-refractivity contribution in [3.63, 3.8) is 0 Å². The Balaban J connectivity index is 1.49. The minimum Gasteiger partial charge on any atom is -0.506 e. The van der Waals surface area contributed by atoms with Crippen molar-refractivity contribution < 1.29 is 15.0 Å². The predicted molar refractivity (Wildman–Crippen MR) is 158 cm³/mol. The van der Waals surface area contributed by atoms with E-state index in [4.69, 9.17) is 0 Å². The third-order valence-electron chi connectivity index (χ3n) is 8.20. The van der Waals surface area contributed by atoms with Gasteiger partial charge in [-0.15, -0.1) is 0 Å². The molecule has 1 amide bonds. The molecule has 0 atom stereocenters.